The van der Waals surface area contributed by atoms with Crippen molar-refractivity contribution in [3.05, 3.63) is 34.5 Å². The number of benzene rings is 1. The van der Waals surface area contributed by atoms with Gasteiger partial charge < -0.3 is 15.6 Å². The number of fused-ring (bicyclic) bond motifs is 1. The van der Waals surface area contributed by atoms with Crippen molar-refractivity contribution >= 4 is 22.7 Å². The number of aromatic nitrogens is 1. The number of rotatable bonds is 4. The number of nitrogens with one attached hydrogen (secondary N) is 3. The number of hydrogen-bond acceptors (Lipinski definition) is 2. The maximum atomic E-state index is 12.4. The number of hydrogen-bond donors (Lipinski definition) is 3. The summed E-state index contributed by atoms with van der Waals surface area (Å²) in [5.41, 5.74) is 5.96. The molecule has 1 saturated heterocycles. The van der Waals surface area contributed by atoms with Crippen molar-refractivity contribution in [2.45, 2.75) is 46.6 Å². The minimum Gasteiger partial charge on any atom is -0.358 e. The van der Waals surface area contributed by atoms with Gasteiger partial charge in [-0.2, -0.15) is 0 Å². The van der Waals surface area contributed by atoms with Gasteiger partial charge in [-0.1, -0.05) is 18.6 Å². The highest BCUT2D eigenvalue weighted by Crippen LogP contribution is 2.26. The minimum atomic E-state index is -0.125. The summed E-state index contributed by atoms with van der Waals surface area (Å²) in [5.74, 6) is -0.0726. The molecule has 0 aliphatic carbocycles. The molecule has 2 aromatic rings. The van der Waals surface area contributed by atoms with Gasteiger partial charge in [-0.3, -0.25) is 9.59 Å². The third kappa shape index (κ3) is 3.16. The lowest BCUT2D eigenvalue weighted by Crippen LogP contribution is -2.42. The number of aryl methyl sites for hydroxylation is 3. The Morgan fingerprint density at radius 2 is 2.12 bits per heavy atom. The second-order valence-electron chi connectivity index (χ2n) is 6.69. The molecule has 5 heteroatoms. The molecule has 2 amide bonds. The van der Waals surface area contributed by atoms with Crippen LogP contribution in [0.2, 0.25) is 0 Å². The van der Waals surface area contributed by atoms with E-state index in [0.29, 0.717) is 25.9 Å². The zero-order chi connectivity index (χ0) is 17.3. The van der Waals surface area contributed by atoms with E-state index < -0.39 is 0 Å². The molecule has 1 aliphatic heterocycles. The van der Waals surface area contributed by atoms with Crippen molar-refractivity contribution in [3.8, 4) is 0 Å². The molecule has 0 unspecified atom stereocenters. The van der Waals surface area contributed by atoms with Gasteiger partial charge in [0, 0.05) is 30.6 Å². The number of carbonyl (C=O) groups excluding carboxylic acids is 2. The standard InChI is InChI=1S/C19H25N3O2/c1-4-16-12(3)15-8-11(2)7-14(18(15)22-16)10-21-19(24)13-5-6-17(23)20-9-13/h7-8,13,22H,4-6,9-10H2,1-3H3,(H,20,23)(H,21,24)/t13-/m1/s1. The molecular weight excluding hydrogens is 302 g/mol. The first kappa shape index (κ1) is 16.6. The van der Waals surface area contributed by atoms with Gasteiger partial charge in [0.2, 0.25) is 11.8 Å². The Kier molecular flexibility index (Phi) is 4.60. The number of aromatic amines is 1. The molecule has 0 saturated carbocycles. The van der Waals surface area contributed by atoms with Gasteiger partial charge in [0.15, 0.2) is 0 Å². The minimum absolute atomic E-state index is 0.0173. The molecule has 0 bridgehead atoms. The maximum absolute atomic E-state index is 12.4. The second-order valence-corrected chi connectivity index (χ2v) is 6.69. The molecule has 128 valence electrons. The molecule has 3 rings (SSSR count). The lowest BCUT2D eigenvalue weighted by atomic mass is 9.98. The molecule has 2 heterocycles. The van der Waals surface area contributed by atoms with Crippen LogP contribution in [0.15, 0.2) is 12.1 Å². The third-order valence-electron chi connectivity index (χ3n) is 4.94. The van der Waals surface area contributed by atoms with Gasteiger partial charge in [-0.15, -0.1) is 0 Å². The van der Waals surface area contributed by atoms with E-state index >= 15 is 0 Å². The number of carbonyl (C=O) groups is 2. The highest BCUT2D eigenvalue weighted by atomic mass is 16.2. The predicted octanol–water partition coefficient (Wildman–Crippen LogP) is 2.49. The first-order valence-electron chi connectivity index (χ1n) is 8.64. The van der Waals surface area contributed by atoms with Crippen LogP contribution in [0, 0.1) is 19.8 Å². The van der Waals surface area contributed by atoms with Gasteiger partial charge in [-0.05, 0) is 43.9 Å². The Balaban J connectivity index is 1.77. The van der Waals surface area contributed by atoms with Gasteiger partial charge in [0.05, 0.1) is 11.4 Å². The normalized spacial score (nSPS) is 17.8. The van der Waals surface area contributed by atoms with Gasteiger partial charge in [-0.25, -0.2) is 0 Å². The lowest BCUT2D eigenvalue weighted by molar-refractivity contribution is -0.129. The third-order valence-corrected chi connectivity index (χ3v) is 4.94. The average molecular weight is 327 g/mol. The molecule has 0 radical (unpaired) electrons. The molecule has 1 atom stereocenters. The van der Waals surface area contributed by atoms with Crippen molar-refractivity contribution in [1.82, 2.24) is 15.6 Å². The van der Waals surface area contributed by atoms with E-state index in [1.807, 2.05) is 0 Å². The van der Waals surface area contributed by atoms with Crippen LogP contribution >= 0.6 is 0 Å². The Hall–Kier alpha value is -2.30. The molecule has 24 heavy (non-hydrogen) atoms. The summed E-state index contributed by atoms with van der Waals surface area (Å²) in [7, 11) is 0. The number of piperidine rings is 1. The fourth-order valence-electron chi connectivity index (χ4n) is 3.49. The van der Waals surface area contributed by atoms with Crippen molar-refractivity contribution in [1.29, 1.82) is 0 Å². The summed E-state index contributed by atoms with van der Waals surface area (Å²) in [4.78, 5) is 27.1. The van der Waals surface area contributed by atoms with E-state index in [4.69, 9.17) is 0 Å². The topological polar surface area (TPSA) is 74.0 Å². The molecule has 1 aromatic carbocycles. The van der Waals surface area contributed by atoms with Crippen LogP contribution in [0.25, 0.3) is 10.9 Å². The summed E-state index contributed by atoms with van der Waals surface area (Å²) in [6, 6.07) is 4.32. The molecule has 1 aliphatic rings. The molecule has 3 N–H and O–H groups in total. The largest absolute Gasteiger partial charge is 0.358 e. The summed E-state index contributed by atoms with van der Waals surface area (Å²) in [6.07, 6.45) is 2.03. The van der Waals surface area contributed by atoms with E-state index in [2.05, 4.69) is 48.5 Å². The summed E-state index contributed by atoms with van der Waals surface area (Å²) in [5, 5.41) is 7.04. The van der Waals surface area contributed by atoms with E-state index in [9.17, 15) is 9.59 Å². The first-order valence-corrected chi connectivity index (χ1v) is 8.64. The molecule has 1 aromatic heterocycles. The van der Waals surface area contributed by atoms with Crippen LogP contribution in [0.1, 0.15) is 42.1 Å². The molecular formula is C19H25N3O2. The van der Waals surface area contributed by atoms with Gasteiger partial charge in [0.1, 0.15) is 0 Å². The smallest absolute Gasteiger partial charge is 0.225 e. The lowest BCUT2D eigenvalue weighted by Gasteiger charge is -2.21. The van der Waals surface area contributed by atoms with Crippen molar-refractivity contribution in [2.24, 2.45) is 5.92 Å². The highest BCUT2D eigenvalue weighted by Gasteiger charge is 2.24. The Labute approximate surface area is 142 Å². The van der Waals surface area contributed by atoms with Gasteiger partial charge in [0.25, 0.3) is 0 Å². The fraction of sp³-hybridized carbons (Fsp3) is 0.474. The summed E-state index contributed by atoms with van der Waals surface area (Å²) in [6.45, 7) is 7.31. The Bertz CT molecular complexity index is 781. The first-order chi connectivity index (χ1) is 11.5. The van der Waals surface area contributed by atoms with Crippen LogP contribution < -0.4 is 10.6 Å². The highest BCUT2D eigenvalue weighted by molar-refractivity contribution is 5.89. The van der Waals surface area contributed by atoms with Crippen molar-refractivity contribution in [3.63, 3.8) is 0 Å². The monoisotopic (exact) mass is 327 g/mol. The molecule has 0 spiro atoms. The summed E-state index contributed by atoms with van der Waals surface area (Å²) < 4.78 is 0. The Morgan fingerprint density at radius 1 is 1.33 bits per heavy atom. The van der Waals surface area contributed by atoms with E-state index in [0.717, 1.165) is 17.5 Å². The zero-order valence-corrected chi connectivity index (χ0v) is 14.6. The van der Waals surface area contributed by atoms with Crippen molar-refractivity contribution in [2.75, 3.05) is 6.54 Å². The fourth-order valence-corrected chi connectivity index (χ4v) is 3.49. The maximum Gasteiger partial charge on any atom is 0.225 e. The Morgan fingerprint density at radius 3 is 2.79 bits per heavy atom. The zero-order valence-electron chi connectivity index (χ0n) is 14.6. The van der Waals surface area contributed by atoms with Crippen LogP contribution in [-0.4, -0.2) is 23.3 Å². The SMILES string of the molecule is CCc1[nH]c2c(CNC(=O)[C@@H]3CCC(=O)NC3)cc(C)cc2c1C. The van der Waals surface area contributed by atoms with Crippen LogP contribution in [-0.2, 0) is 22.6 Å². The molecule has 1 fully saturated rings. The predicted molar refractivity (Wildman–Crippen MR) is 94.7 cm³/mol. The van der Waals surface area contributed by atoms with Crippen molar-refractivity contribution < 1.29 is 9.59 Å². The molecule has 5 nitrogen and oxygen atoms in total. The number of H-pyrrole nitrogens is 1. The van der Waals surface area contributed by atoms with Crippen LogP contribution in [0.4, 0.5) is 0 Å². The quantitative estimate of drug-likeness (QED) is 0.807. The van der Waals surface area contributed by atoms with E-state index in [-0.39, 0.29) is 17.7 Å². The second kappa shape index (κ2) is 6.67. The van der Waals surface area contributed by atoms with Crippen LogP contribution in [0.5, 0.6) is 0 Å². The summed E-state index contributed by atoms with van der Waals surface area (Å²) >= 11 is 0. The van der Waals surface area contributed by atoms with Crippen LogP contribution in [0.3, 0.4) is 0 Å². The van der Waals surface area contributed by atoms with E-state index in [1.54, 1.807) is 0 Å². The van der Waals surface area contributed by atoms with E-state index in [1.165, 1.54) is 22.2 Å². The number of amides is 2. The average Bonchev–Trinajstić information content (AvgIpc) is 2.89. The van der Waals surface area contributed by atoms with Gasteiger partial charge >= 0.3 is 0 Å².